The van der Waals surface area contributed by atoms with Crippen LogP contribution in [0.4, 0.5) is 0 Å². The first-order valence-electron chi connectivity index (χ1n) is 10.5. The minimum atomic E-state index is -1.57. The van der Waals surface area contributed by atoms with Gasteiger partial charge in [0.15, 0.2) is 0 Å². The molecule has 0 amide bonds. The molecule has 1 saturated carbocycles. The third-order valence-corrected chi connectivity index (χ3v) is 4.94. The number of hydrogen-bond donors (Lipinski definition) is 2. The van der Waals surface area contributed by atoms with E-state index in [0.29, 0.717) is 31.4 Å². The van der Waals surface area contributed by atoms with Crippen molar-refractivity contribution in [3.8, 4) is 5.88 Å². The largest absolute Gasteiger partial charge is 0.477 e. The van der Waals surface area contributed by atoms with Crippen LogP contribution in [0.25, 0.3) is 0 Å². The molecule has 8 nitrogen and oxygen atoms in total. The maximum Gasteiger partial charge on any atom is 0.417 e. The van der Waals surface area contributed by atoms with Crippen molar-refractivity contribution in [2.45, 2.75) is 70.3 Å². The Morgan fingerprint density at radius 3 is 2.36 bits per heavy atom. The van der Waals surface area contributed by atoms with Gasteiger partial charge in [0.1, 0.15) is 0 Å². The highest BCUT2D eigenvalue weighted by molar-refractivity contribution is 6.28. The summed E-state index contributed by atoms with van der Waals surface area (Å²) >= 11 is 0. The van der Waals surface area contributed by atoms with Crippen molar-refractivity contribution in [2.75, 3.05) is 26.3 Å². The molecule has 1 saturated heterocycles. The van der Waals surface area contributed by atoms with E-state index in [2.05, 4.69) is 15.2 Å². The number of aromatic nitrogens is 2. The number of nitrogens with one attached hydrogen (secondary N) is 1. The lowest BCUT2D eigenvalue weighted by Crippen LogP contribution is -2.21. The Morgan fingerprint density at radius 2 is 1.75 bits per heavy atom. The molecule has 2 aliphatic rings. The molecule has 0 unspecified atom stereocenters. The molecule has 1 aromatic heterocycles. The van der Waals surface area contributed by atoms with E-state index in [1.165, 1.54) is 64.5 Å². The topological polar surface area (TPSA) is 103 Å². The van der Waals surface area contributed by atoms with E-state index in [1.54, 1.807) is 0 Å². The van der Waals surface area contributed by atoms with E-state index in [1.807, 2.05) is 16.9 Å². The lowest BCUT2D eigenvalue weighted by molar-refractivity contribution is -0.163. The molecule has 1 aromatic rings. The second-order valence-electron chi connectivity index (χ2n) is 7.23. The molecule has 2 heterocycles. The number of esters is 1. The fourth-order valence-corrected chi connectivity index (χ4v) is 3.36. The summed E-state index contributed by atoms with van der Waals surface area (Å²) in [6, 6.07) is 2.35. The number of rotatable bonds is 7. The number of carbonyl (C=O) groups is 2. The summed E-state index contributed by atoms with van der Waals surface area (Å²) in [5.74, 6) is -2.18. The van der Waals surface area contributed by atoms with E-state index >= 15 is 0 Å². The van der Waals surface area contributed by atoms with Crippen LogP contribution in [0, 0.1) is 0 Å². The van der Waals surface area contributed by atoms with Gasteiger partial charge in [-0.2, -0.15) is 0 Å². The summed E-state index contributed by atoms with van der Waals surface area (Å²) < 4.78 is 12.1. The summed E-state index contributed by atoms with van der Waals surface area (Å²) in [5, 5.41) is 16.1. The summed E-state index contributed by atoms with van der Waals surface area (Å²) in [4.78, 5) is 20.9. The molecule has 8 heteroatoms. The highest BCUT2D eigenvalue weighted by atomic mass is 16.6. The van der Waals surface area contributed by atoms with Crippen LogP contribution in [0.3, 0.4) is 0 Å². The van der Waals surface area contributed by atoms with Crippen LogP contribution in [-0.2, 0) is 14.3 Å². The predicted molar refractivity (Wildman–Crippen MR) is 104 cm³/mol. The summed E-state index contributed by atoms with van der Waals surface area (Å²) in [6.07, 6.45) is 13.6. The molecule has 1 aliphatic heterocycles. The number of carboxylic acid groups (broad SMARTS) is 1. The van der Waals surface area contributed by atoms with Gasteiger partial charge in [0, 0.05) is 12.3 Å². The van der Waals surface area contributed by atoms with Gasteiger partial charge in [-0.05, 0) is 51.6 Å². The van der Waals surface area contributed by atoms with Crippen molar-refractivity contribution in [1.82, 2.24) is 15.1 Å². The van der Waals surface area contributed by atoms with Crippen molar-refractivity contribution in [3.63, 3.8) is 0 Å². The number of hydrogen-bond acceptors (Lipinski definition) is 6. The van der Waals surface area contributed by atoms with E-state index in [9.17, 15) is 9.59 Å². The maximum absolute atomic E-state index is 10.7. The summed E-state index contributed by atoms with van der Waals surface area (Å²) in [5.41, 5.74) is 0. The molecule has 1 aliphatic carbocycles. The SMILES string of the molecule is C1CCNCC1.O=C(O)C(=O)OCCCCOc1ccn(C2CCCCC2)n1. The van der Waals surface area contributed by atoms with Crippen molar-refractivity contribution in [1.29, 1.82) is 0 Å². The van der Waals surface area contributed by atoms with Gasteiger partial charge in [-0.15, -0.1) is 5.10 Å². The predicted octanol–water partition coefficient (Wildman–Crippen LogP) is 2.94. The summed E-state index contributed by atoms with van der Waals surface area (Å²) in [6.45, 7) is 3.05. The van der Waals surface area contributed by atoms with E-state index in [-0.39, 0.29) is 6.61 Å². The van der Waals surface area contributed by atoms with Crippen molar-refractivity contribution < 1.29 is 24.2 Å². The minimum Gasteiger partial charge on any atom is -0.477 e. The number of aliphatic carboxylic acids is 1. The third-order valence-electron chi connectivity index (χ3n) is 4.94. The van der Waals surface area contributed by atoms with Gasteiger partial charge in [-0.3, -0.25) is 4.68 Å². The molecule has 0 radical (unpaired) electrons. The molecule has 3 rings (SSSR count). The number of carbonyl (C=O) groups excluding carboxylic acids is 1. The van der Waals surface area contributed by atoms with E-state index < -0.39 is 11.9 Å². The van der Waals surface area contributed by atoms with Gasteiger partial charge < -0.3 is 19.9 Å². The Labute approximate surface area is 166 Å². The van der Waals surface area contributed by atoms with Gasteiger partial charge in [0.25, 0.3) is 0 Å². The standard InChI is InChI=1S/C15H22N2O5.C5H11N/c18-14(19)15(20)22-11-5-4-10-21-13-8-9-17(16-13)12-6-2-1-3-7-12;1-2-4-6-5-3-1/h8-9,12H,1-7,10-11H2,(H,18,19);6H,1-5H2. The van der Waals surface area contributed by atoms with Crippen molar-refractivity contribution in [2.24, 2.45) is 0 Å². The van der Waals surface area contributed by atoms with Gasteiger partial charge in [-0.25, -0.2) is 9.59 Å². The Balaban J connectivity index is 0.000000397. The maximum atomic E-state index is 10.7. The lowest BCUT2D eigenvalue weighted by Gasteiger charge is -2.21. The summed E-state index contributed by atoms with van der Waals surface area (Å²) in [7, 11) is 0. The smallest absolute Gasteiger partial charge is 0.417 e. The Kier molecular flexibility index (Phi) is 10.4. The minimum absolute atomic E-state index is 0.0883. The Bertz CT molecular complexity index is 569. The fraction of sp³-hybridized carbons (Fsp3) is 0.750. The average molecular weight is 396 g/mol. The first-order valence-corrected chi connectivity index (χ1v) is 10.5. The van der Waals surface area contributed by atoms with Gasteiger partial charge in [-0.1, -0.05) is 25.7 Å². The molecule has 158 valence electrons. The molecule has 2 fully saturated rings. The number of unbranched alkanes of at least 4 members (excludes halogenated alkanes) is 1. The zero-order valence-corrected chi connectivity index (χ0v) is 16.6. The van der Waals surface area contributed by atoms with Gasteiger partial charge in [0.2, 0.25) is 5.88 Å². The Hall–Kier alpha value is -2.09. The highest BCUT2D eigenvalue weighted by Crippen LogP contribution is 2.28. The van der Waals surface area contributed by atoms with E-state index in [0.717, 1.165) is 0 Å². The van der Waals surface area contributed by atoms with Crippen LogP contribution in [0.5, 0.6) is 5.88 Å². The monoisotopic (exact) mass is 395 g/mol. The van der Waals surface area contributed by atoms with Crippen LogP contribution in [-0.4, -0.2) is 53.1 Å². The average Bonchev–Trinajstić information content (AvgIpc) is 3.21. The van der Waals surface area contributed by atoms with Gasteiger partial charge >= 0.3 is 11.9 Å². The van der Waals surface area contributed by atoms with Crippen LogP contribution in [0.2, 0.25) is 0 Å². The lowest BCUT2D eigenvalue weighted by atomic mass is 9.96. The zero-order valence-electron chi connectivity index (χ0n) is 16.6. The van der Waals surface area contributed by atoms with Crippen molar-refractivity contribution in [3.05, 3.63) is 12.3 Å². The molecule has 2 N–H and O–H groups in total. The molecule has 0 bridgehead atoms. The van der Waals surface area contributed by atoms with E-state index in [4.69, 9.17) is 9.84 Å². The normalized spacial score (nSPS) is 17.3. The van der Waals surface area contributed by atoms with Crippen LogP contribution < -0.4 is 10.1 Å². The zero-order chi connectivity index (χ0) is 20.0. The quantitative estimate of drug-likeness (QED) is 0.416. The fourth-order valence-electron chi connectivity index (χ4n) is 3.36. The molecule has 28 heavy (non-hydrogen) atoms. The second kappa shape index (κ2) is 13.1. The number of carboxylic acids is 1. The molecule has 0 atom stereocenters. The number of piperidine rings is 1. The van der Waals surface area contributed by atoms with Crippen LogP contribution >= 0.6 is 0 Å². The molecule has 0 aromatic carbocycles. The van der Waals surface area contributed by atoms with Gasteiger partial charge in [0.05, 0.1) is 19.3 Å². The molecular formula is C20H33N3O5. The second-order valence-corrected chi connectivity index (χ2v) is 7.23. The Morgan fingerprint density at radius 1 is 1.07 bits per heavy atom. The number of ether oxygens (including phenoxy) is 2. The third kappa shape index (κ3) is 8.73. The molecular weight excluding hydrogens is 362 g/mol. The highest BCUT2D eigenvalue weighted by Gasteiger charge is 2.16. The number of nitrogens with zero attached hydrogens (tertiary/aromatic N) is 2. The molecule has 0 spiro atoms. The van der Waals surface area contributed by atoms with Crippen LogP contribution in [0.15, 0.2) is 12.3 Å². The first-order chi connectivity index (χ1) is 13.7. The van der Waals surface area contributed by atoms with Crippen LogP contribution in [0.1, 0.15) is 70.3 Å². The first kappa shape index (κ1) is 22.2. The van der Waals surface area contributed by atoms with Crippen molar-refractivity contribution >= 4 is 11.9 Å².